The molecule has 0 N–H and O–H groups in total. The molecule has 25 heavy (non-hydrogen) atoms. The zero-order chi connectivity index (χ0) is 17.6. The van der Waals surface area contributed by atoms with Crippen molar-refractivity contribution in [2.24, 2.45) is 0 Å². The van der Waals surface area contributed by atoms with Crippen LogP contribution in [0.15, 0.2) is 36.5 Å². The molecule has 1 fully saturated rings. The van der Waals surface area contributed by atoms with Gasteiger partial charge >= 0.3 is 0 Å². The minimum Gasteiger partial charge on any atom is -0.484 e. The zero-order valence-corrected chi connectivity index (χ0v) is 14.6. The molecule has 132 valence electrons. The Labute approximate surface area is 147 Å². The molecule has 1 amide bonds. The highest BCUT2D eigenvalue weighted by molar-refractivity contribution is 5.77. The molecule has 1 unspecified atom stereocenters. The molecule has 1 saturated heterocycles. The van der Waals surface area contributed by atoms with Crippen LogP contribution in [0.1, 0.15) is 24.2 Å². The topological polar surface area (TPSA) is 64.5 Å². The summed E-state index contributed by atoms with van der Waals surface area (Å²) in [5, 5.41) is 0. The van der Waals surface area contributed by atoms with E-state index in [0.29, 0.717) is 24.0 Å². The summed E-state index contributed by atoms with van der Waals surface area (Å²) in [6.07, 6.45) is 3.45. The van der Waals surface area contributed by atoms with Crippen LogP contribution in [0.5, 0.6) is 11.6 Å². The van der Waals surface area contributed by atoms with Gasteiger partial charge in [0.2, 0.25) is 5.88 Å². The number of nitrogens with zero attached hydrogens (tertiary/aromatic N) is 3. The summed E-state index contributed by atoms with van der Waals surface area (Å²) in [6, 6.07) is 9.43. The number of piperidine rings is 1. The van der Waals surface area contributed by atoms with Crippen molar-refractivity contribution >= 4 is 5.91 Å². The number of carbonyl (C=O) groups excluding carboxylic acids is 1. The van der Waals surface area contributed by atoms with Crippen LogP contribution in [0.25, 0.3) is 0 Å². The largest absolute Gasteiger partial charge is 0.484 e. The van der Waals surface area contributed by atoms with E-state index in [0.717, 1.165) is 24.9 Å². The van der Waals surface area contributed by atoms with E-state index >= 15 is 0 Å². The van der Waals surface area contributed by atoms with Crippen LogP contribution in [-0.4, -0.2) is 46.6 Å². The van der Waals surface area contributed by atoms with Crippen molar-refractivity contribution in [3.8, 4) is 11.6 Å². The van der Waals surface area contributed by atoms with Crippen LogP contribution in [0.2, 0.25) is 0 Å². The van der Waals surface area contributed by atoms with E-state index < -0.39 is 0 Å². The molecule has 0 radical (unpaired) electrons. The van der Waals surface area contributed by atoms with Crippen molar-refractivity contribution < 1.29 is 14.3 Å². The fourth-order valence-electron chi connectivity index (χ4n) is 2.80. The Hall–Kier alpha value is -2.63. The SMILES string of the molecule is Cc1ccc(OCC(=O)N2CCCC(Oc3ccnc(C)n3)C2)cc1. The van der Waals surface area contributed by atoms with E-state index in [1.807, 2.05) is 38.1 Å². The minimum absolute atomic E-state index is 0.0206. The van der Waals surface area contributed by atoms with Crippen molar-refractivity contribution in [3.05, 3.63) is 47.9 Å². The molecule has 1 atom stereocenters. The van der Waals surface area contributed by atoms with Crippen LogP contribution in [-0.2, 0) is 4.79 Å². The van der Waals surface area contributed by atoms with E-state index in [1.165, 1.54) is 0 Å². The maximum atomic E-state index is 12.4. The molecule has 1 aliphatic heterocycles. The van der Waals surface area contributed by atoms with Crippen molar-refractivity contribution in [2.45, 2.75) is 32.8 Å². The molecule has 6 heteroatoms. The standard InChI is InChI=1S/C19H23N3O3/c1-14-5-7-16(8-6-14)24-13-19(23)22-11-3-4-17(12-22)25-18-9-10-20-15(2)21-18/h5-10,17H,3-4,11-13H2,1-2H3. The second kappa shape index (κ2) is 7.96. The third-order valence-corrected chi connectivity index (χ3v) is 4.15. The fourth-order valence-corrected chi connectivity index (χ4v) is 2.80. The van der Waals surface area contributed by atoms with E-state index in [4.69, 9.17) is 9.47 Å². The molecule has 1 aliphatic rings. The average Bonchev–Trinajstić information content (AvgIpc) is 2.61. The summed E-state index contributed by atoms with van der Waals surface area (Å²) in [6.45, 7) is 5.17. The highest BCUT2D eigenvalue weighted by atomic mass is 16.5. The number of aryl methyl sites for hydroxylation is 2. The van der Waals surface area contributed by atoms with Gasteiger partial charge in [-0.25, -0.2) is 4.98 Å². The Morgan fingerprint density at radius 3 is 2.80 bits per heavy atom. The molecule has 0 bridgehead atoms. The van der Waals surface area contributed by atoms with E-state index in [9.17, 15) is 4.79 Å². The Kier molecular flexibility index (Phi) is 5.48. The summed E-state index contributed by atoms with van der Waals surface area (Å²) in [4.78, 5) is 22.5. The molecular formula is C19H23N3O3. The molecule has 1 aromatic heterocycles. The Morgan fingerprint density at radius 1 is 1.24 bits per heavy atom. The molecule has 0 spiro atoms. The van der Waals surface area contributed by atoms with Crippen LogP contribution >= 0.6 is 0 Å². The summed E-state index contributed by atoms with van der Waals surface area (Å²) in [5.74, 6) is 1.92. The predicted molar refractivity (Wildman–Crippen MR) is 93.7 cm³/mol. The lowest BCUT2D eigenvalue weighted by Crippen LogP contribution is -2.46. The summed E-state index contributed by atoms with van der Waals surface area (Å²) in [7, 11) is 0. The fraction of sp³-hybridized carbons (Fsp3) is 0.421. The molecule has 1 aromatic carbocycles. The first-order valence-electron chi connectivity index (χ1n) is 8.54. The Balaban J connectivity index is 1.51. The van der Waals surface area contributed by atoms with Crippen LogP contribution < -0.4 is 9.47 Å². The van der Waals surface area contributed by atoms with Gasteiger partial charge in [-0.05, 0) is 38.8 Å². The quantitative estimate of drug-likeness (QED) is 0.836. The van der Waals surface area contributed by atoms with Crippen LogP contribution in [0.3, 0.4) is 0 Å². The zero-order valence-electron chi connectivity index (χ0n) is 14.6. The van der Waals surface area contributed by atoms with Gasteiger partial charge in [-0.15, -0.1) is 0 Å². The number of carbonyl (C=O) groups is 1. The highest BCUT2D eigenvalue weighted by Gasteiger charge is 2.25. The maximum Gasteiger partial charge on any atom is 0.260 e. The third-order valence-electron chi connectivity index (χ3n) is 4.15. The first-order chi connectivity index (χ1) is 12.1. The second-order valence-electron chi connectivity index (χ2n) is 6.27. The minimum atomic E-state index is -0.0497. The van der Waals surface area contributed by atoms with Crippen molar-refractivity contribution in [1.29, 1.82) is 0 Å². The second-order valence-corrected chi connectivity index (χ2v) is 6.27. The summed E-state index contributed by atoms with van der Waals surface area (Å²) < 4.78 is 11.5. The Morgan fingerprint density at radius 2 is 2.04 bits per heavy atom. The van der Waals surface area contributed by atoms with Gasteiger partial charge in [-0.1, -0.05) is 17.7 Å². The average molecular weight is 341 g/mol. The number of hydrogen-bond donors (Lipinski definition) is 0. The summed E-state index contributed by atoms with van der Waals surface area (Å²) >= 11 is 0. The van der Waals surface area contributed by atoms with Gasteiger partial charge in [0, 0.05) is 18.8 Å². The highest BCUT2D eigenvalue weighted by Crippen LogP contribution is 2.17. The Bertz CT molecular complexity index is 718. The van der Waals surface area contributed by atoms with Gasteiger partial charge in [0.15, 0.2) is 6.61 Å². The lowest BCUT2D eigenvalue weighted by molar-refractivity contribution is -0.136. The number of hydrogen-bond acceptors (Lipinski definition) is 5. The lowest BCUT2D eigenvalue weighted by atomic mass is 10.1. The molecule has 3 rings (SSSR count). The van der Waals surface area contributed by atoms with Gasteiger partial charge in [-0.3, -0.25) is 4.79 Å². The van der Waals surface area contributed by atoms with Crippen LogP contribution in [0, 0.1) is 13.8 Å². The first-order valence-corrected chi connectivity index (χ1v) is 8.54. The van der Waals surface area contributed by atoms with Crippen molar-refractivity contribution in [3.63, 3.8) is 0 Å². The monoisotopic (exact) mass is 341 g/mol. The number of likely N-dealkylation sites (tertiary alicyclic amines) is 1. The summed E-state index contributed by atoms with van der Waals surface area (Å²) in [5.41, 5.74) is 1.16. The molecule has 0 aliphatic carbocycles. The van der Waals surface area contributed by atoms with E-state index in [-0.39, 0.29) is 18.6 Å². The predicted octanol–water partition coefficient (Wildman–Crippen LogP) is 2.54. The molecule has 2 heterocycles. The van der Waals surface area contributed by atoms with Crippen LogP contribution in [0.4, 0.5) is 0 Å². The van der Waals surface area contributed by atoms with Crippen molar-refractivity contribution in [2.75, 3.05) is 19.7 Å². The van der Waals surface area contributed by atoms with E-state index in [1.54, 1.807) is 17.2 Å². The maximum absolute atomic E-state index is 12.4. The van der Waals surface area contributed by atoms with Crippen molar-refractivity contribution in [1.82, 2.24) is 14.9 Å². The lowest BCUT2D eigenvalue weighted by Gasteiger charge is -2.32. The van der Waals surface area contributed by atoms with Gasteiger partial charge in [0.05, 0.1) is 6.54 Å². The molecular weight excluding hydrogens is 318 g/mol. The number of amides is 1. The molecule has 6 nitrogen and oxygen atoms in total. The molecule has 0 saturated carbocycles. The number of aromatic nitrogens is 2. The molecule has 2 aromatic rings. The van der Waals surface area contributed by atoms with Gasteiger partial charge < -0.3 is 14.4 Å². The van der Waals surface area contributed by atoms with Gasteiger partial charge in [0.1, 0.15) is 17.7 Å². The third kappa shape index (κ3) is 4.92. The number of benzene rings is 1. The number of rotatable bonds is 5. The normalized spacial score (nSPS) is 17.2. The smallest absolute Gasteiger partial charge is 0.260 e. The first kappa shape index (κ1) is 17.2. The van der Waals surface area contributed by atoms with Gasteiger partial charge in [0.25, 0.3) is 5.91 Å². The van der Waals surface area contributed by atoms with Gasteiger partial charge in [-0.2, -0.15) is 4.98 Å². The number of ether oxygens (including phenoxy) is 2. The van der Waals surface area contributed by atoms with E-state index in [2.05, 4.69) is 9.97 Å².